The van der Waals surface area contributed by atoms with Gasteiger partial charge in [-0.3, -0.25) is 4.98 Å². The number of rotatable bonds is 1. The Labute approximate surface area is 74.9 Å². The van der Waals surface area contributed by atoms with Gasteiger partial charge in [-0.1, -0.05) is 6.07 Å². The van der Waals surface area contributed by atoms with Gasteiger partial charge in [0.1, 0.15) is 5.01 Å². The van der Waals surface area contributed by atoms with Crippen LogP contribution in [0.1, 0.15) is 5.69 Å². The third-order valence-electron chi connectivity index (χ3n) is 1.45. The van der Waals surface area contributed by atoms with E-state index in [0.717, 1.165) is 16.4 Å². The van der Waals surface area contributed by atoms with Gasteiger partial charge in [0, 0.05) is 6.20 Å². The molecule has 0 aliphatic carbocycles. The lowest BCUT2D eigenvalue weighted by Crippen LogP contribution is -1.79. The van der Waals surface area contributed by atoms with Crippen molar-refractivity contribution in [2.75, 3.05) is 0 Å². The molecule has 3 heteroatoms. The predicted octanol–water partition coefficient (Wildman–Crippen LogP) is 2.31. The van der Waals surface area contributed by atoms with Crippen LogP contribution < -0.4 is 0 Å². The van der Waals surface area contributed by atoms with E-state index in [1.807, 2.05) is 25.1 Å². The Hall–Kier alpha value is -1.22. The normalized spacial score (nSPS) is 10.1. The molecule has 0 fully saturated rings. The van der Waals surface area contributed by atoms with Crippen LogP contribution in [-0.4, -0.2) is 9.97 Å². The molecule has 2 aromatic rings. The van der Waals surface area contributed by atoms with E-state index in [-0.39, 0.29) is 0 Å². The second-order valence-electron chi connectivity index (χ2n) is 2.42. The van der Waals surface area contributed by atoms with E-state index in [0.29, 0.717) is 0 Å². The van der Waals surface area contributed by atoms with Gasteiger partial charge in [0.25, 0.3) is 0 Å². The van der Waals surface area contributed by atoms with Crippen LogP contribution in [0, 0.1) is 12.3 Å². The minimum atomic E-state index is 0.923. The quantitative estimate of drug-likeness (QED) is 0.664. The maximum absolute atomic E-state index is 4.28. The molecule has 2 rings (SSSR count). The number of nitrogens with zero attached hydrogens (tertiary/aromatic N) is 2. The fourth-order valence-corrected chi connectivity index (χ4v) is 1.62. The summed E-state index contributed by atoms with van der Waals surface area (Å²) in [7, 11) is 0. The summed E-state index contributed by atoms with van der Waals surface area (Å²) in [6.45, 7) is 1.93. The Balaban J connectivity index is 2.45. The molecule has 0 atom stereocenters. The highest BCUT2D eigenvalue weighted by atomic mass is 32.1. The summed E-state index contributed by atoms with van der Waals surface area (Å²) in [5.41, 5.74) is 1.85. The molecule has 2 heterocycles. The molecule has 0 amide bonds. The van der Waals surface area contributed by atoms with Crippen LogP contribution in [0.25, 0.3) is 10.7 Å². The first-order valence-electron chi connectivity index (χ1n) is 3.63. The third kappa shape index (κ3) is 1.36. The van der Waals surface area contributed by atoms with Crippen molar-refractivity contribution >= 4 is 11.3 Å². The second-order valence-corrected chi connectivity index (χ2v) is 3.22. The summed E-state index contributed by atoms with van der Waals surface area (Å²) >= 11 is 1.50. The molecule has 0 saturated heterocycles. The third-order valence-corrected chi connectivity index (χ3v) is 2.34. The van der Waals surface area contributed by atoms with E-state index in [1.54, 1.807) is 6.20 Å². The fraction of sp³-hybridized carbons (Fsp3) is 0.111. The number of aryl methyl sites for hydroxylation is 1. The SMILES string of the molecule is Cc1[c]sc(-c2ccccn2)n1. The van der Waals surface area contributed by atoms with Crippen LogP contribution in [0.3, 0.4) is 0 Å². The maximum Gasteiger partial charge on any atom is 0.142 e. The van der Waals surface area contributed by atoms with E-state index < -0.39 is 0 Å². The van der Waals surface area contributed by atoms with Gasteiger partial charge < -0.3 is 0 Å². The summed E-state index contributed by atoms with van der Waals surface area (Å²) in [5.74, 6) is 0. The van der Waals surface area contributed by atoms with Crippen LogP contribution in [0.4, 0.5) is 0 Å². The van der Waals surface area contributed by atoms with Crippen molar-refractivity contribution in [1.82, 2.24) is 9.97 Å². The molecule has 0 spiro atoms. The first-order chi connectivity index (χ1) is 5.86. The van der Waals surface area contributed by atoms with Crippen molar-refractivity contribution in [1.29, 1.82) is 0 Å². The van der Waals surface area contributed by atoms with Gasteiger partial charge in [-0.15, -0.1) is 11.3 Å². The molecule has 2 aromatic heterocycles. The summed E-state index contributed by atoms with van der Waals surface area (Å²) < 4.78 is 0. The molecule has 0 aliphatic heterocycles. The largest absolute Gasteiger partial charge is 0.254 e. The Kier molecular flexibility index (Phi) is 1.87. The number of pyridine rings is 1. The molecular formula is C9H7N2S. The van der Waals surface area contributed by atoms with Gasteiger partial charge >= 0.3 is 0 Å². The van der Waals surface area contributed by atoms with Gasteiger partial charge in [0.15, 0.2) is 0 Å². The molecule has 0 unspecified atom stereocenters. The Bertz CT molecular complexity index is 367. The van der Waals surface area contributed by atoms with Crippen LogP contribution in [0.15, 0.2) is 24.4 Å². The van der Waals surface area contributed by atoms with Crippen LogP contribution in [0.2, 0.25) is 0 Å². The summed E-state index contributed by atoms with van der Waals surface area (Å²) in [4.78, 5) is 8.47. The van der Waals surface area contributed by atoms with Gasteiger partial charge in [-0.25, -0.2) is 4.98 Å². The minimum absolute atomic E-state index is 0.923. The van der Waals surface area contributed by atoms with Crippen LogP contribution in [-0.2, 0) is 0 Å². The first kappa shape index (κ1) is 7.43. The summed E-state index contributed by atoms with van der Waals surface area (Å²) in [6, 6.07) is 5.80. The van der Waals surface area contributed by atoms with Crippen molar-refractivity contribution in [3.05, 3.63) is 35.5 Å². The highest BCUT2D eigenvalue weighted by molar-refractivity contribution is 7.12. The first-order valence-corrected chi connectivity index (χ1v) is 4.44. The number of aromatic nitrogens is 2. The molecule has 0 aliphatic rings. The van der Waals surface area contributed by atoms with Gasteiger partial charge in [0.2, 0.25) is 0 Å². The zero-order valence-electron chi connectivity index (χ0n) is 6.61. The molecule has 12 heavy (non-hydrogen) atoms. The molecule has 1 radical (unpaired) electrons. The molecule has 0 aromatic carbocycles. The van der Waals surface area contributed by atoms with Gasteiger partial charge in [-0.2, -0.15) is 0 Å². The lowest BCUT2D eigenvalue weighted by Gasteiger charge is -1.91. The Morgan fingerprint density at radius 1 is 1.42 bits per heavy atom. The van der Waals surface area contributed by atoms with E-state index in [4.69, 9.17) is 0 Å². The van der Waals surface area contributed by atoms with Gasteiger partial charge in [-0.05, 0) is 19.1 Å². The number of hydrogen-bond donors (Lipinski definition) is 0. The molecule has 2 nitrogen and oxygen atoms in total. The van der Waals surface area contributed by atoms with Crippen molar-refractivity contribution in [2.45, 2.75) is 6.92 Å². The number of hydrogen-bond acceptors (Lipinski definition) is 3. The molecule has 59 valence electrons. The van der Waals surface area contributed by atoms with Crippen molar-refractivity contribution < 1.29 is 0 Å². The van der Waals surface area contributed by atoms with Crippen molar-refractivity contribution in [3.63, 3.8) is 0 Å². The van der Waals surface area contributed by atoms with Crippen molar-refractivity contribution in [2.24, 2.45) is 0 Å². The van der Waals surface area contributed by atoms with Crippen molar-refractivity contribution in [3.8, 4) is 10.7 Å². The maximum atomic E-state index is 4.28. The average molecular weight is 175 g/mol. The monoisotopic (exact) mass is 175 g/mol. The average Bonchev–Trinajstić information content (AvgIpc) is 2.54. The smallest absolute Gasteiger partial charge is 0.142 e. The fourth-order valence-electron chi connectivity index (χ4n) is 0.919. The van der Waals surface area contributed by atoms with E-state index in [1.165, 1.54) is 11.3 Å². The molecule has 0 saturated carbocycles. The van der Waals surface area contributed by atoms with E-state index in [2.05, 4.69) is 15.3 Å². The second kappa shape index (κ2) is 3.03. The Morgan fingerprint density at radius 2 is 2.33 bits per heavy atom. The van der Waals surface area contributed by atoms with Crippen LogP contribution >= 0.6 is 11.3 Å². The molecule has 0 bridgehead atoms. The minimum Gasteiger partial charge on any atom is -0.254 e. The lowest BCUT2D eigenvalue weighted by molar-refractivity contribution is 1.23. The topological polar surface area (TPSA) is 25.8 Å². The van der Waals surface area contributed by atoms with Gasteiger partial charge in [0.05, 0.1) is 16.8 Å². The van der Waals surface area contributed by atoms with E-state index >= 15 is 0 Å². The zero-order valence-corrected chi connectivity index (χ0v) is 7.43. The highest BCUT2D eigenvalue weighted by Gasteiger charge is 2.01. The molecule has 0 N–H and O–H groups in total. The lowest BCUT2D eigenvalue weighted by atomic mass is 10.4. The molecular weight excluding hydrogens is 168 g/mol. The summed E-state index contributed by atoms with van der Waals surface area (Å²) in [6.07, 6.45) is 1.77. The summed E-state index contributed by atoms with van der Waals surface area (Å²) in [5, 5.41) is 4.00. The zero-order chi connectivity index (χ0) is 8.39. The number of thiazole rings is 1. The standard InChI is InChI=1S/C9H7N2S/c1-7-6-12-9(11-7)8-4-2-3-5-10-8/h2-5H,1H3. The predicted molar refractivity (Wildman–Crippen MR) is 48.9 cm³/mol. The van der Waals surface area contributed by atoms with E-state index in [9.17, 15) is 0 Å². The highest BCUT2D eigenvalue weighted by Crippen LogP contribution is 2.19. The Morgan fingerprint density at radius 3 is 2.92 bits per heavy atom. The van der Waals surface area contributed by atoms with Crippen LogP contribution in [0.5, 0.6) is 0 Å².